The zero-order valence-corrected chi connectivity index (χ0v) is 17.2. The van der Waals surface area contributed by atoms with Crippen molar-refractivity contribution >= 4 is 45.2 Å². The minimum Gasteiger partial charge on any atom is -0.493 e. The van der Waals surface area contributed by atoms with Crippen LogP contribution in [0.2, 0.25) is 0 Å². The molecule has 2 aromatic rings. The summed E-state index contributed by atoms with van der Waals surface area (Å²) in [6.07, 6.45) is 0. The Morgan fingerprint density at radius 1 is 0.609 bits per heavy atom. The molecule has 6 heteroatoms. The van der Waals surface area contributed by atoms with Crippen LogP contribution < -0.4 is 18.9 Å². The summed E-state index contributed by atoms with van der Waals surface area (Å²) >= 11 is 4.53. The molecule has 0 N–H and O–H groups in total. The van der Waals surface area contributed by atoms with Crippen LogP contribution in [0.15, 0.2) is 36.4 Å². The molecule has 0 aromatic heterocycles. The van der Waals surface area contributed by atoms with Gasteiger partial charge in [0, 0.05) is 7.14 Å². The first-order chi connectivity index (χ1) is 10.6. The van der Waals surface area contributed by atoms with E-state index < -0.39 is 0 Å². The maximum absolute atomic E-state index is 5.14. The molecule has 2 rings (SSSR count). The summed E-state index contributed by atoms with van der Waals surface area (Å²) in [6.45, 7) is 0. The van der Waals surface area contributed by atoms with Crippen molar-refractivity contribution in [2.75, 3.05) is 28.4 Å². The molecule has 2 aromatic carbocycles. The summed E-state index contributed by atoms with van der Waals surface area (Å²) in [5, 5.41) is 0. The zero-order valence-electron chi connectivity index (χ0n) is 12.9. The van der Waals surface area contributed by atoms with E-state index in [1.807, 2.05) is 36.4 Å². The van der Waals surface area contributed by atoms with Gasteiger partial charge in [-0.2, -0.15) is 0 Å². The normalized spacial score (nSPS) is 8.96. The molecule has 0 aliphatic rings. The van der Waals surface area contributed by atoms with Crippen molar-refractivity contribution in [3.05, 3.63) is 43.5 Å². The highest BCUT2D eigenvalue weighted by Gasteiger charge is 2.06. The van der Waals surface area contributed by atoms with Gasteiger partial charge in [-0.1, -0.05) is 19.6 Å². The predicted molar refractivity (Wildman–Crippen MR) is 111 cm³/mol. The Kier molecular flexibility index (Phi) is 11.2. The van der Waals surface area contributed by atoms with E-state index in [2.05, 4.69) is 45.2 Å². The maximum Gasteiger partial charge on any atom is 0.161 e. The van der Waals surface area contributed by atoms with Crippen LogP contribution in [-0.4, -0.2) is 28.4 Å². The molecule has 0 radical (unpaired) electrons. The van der Waals surface area contributed by atoms with Gasteiger partial charge >= 0.3 is 0 Å². The van der Waals surface area contributed by atoms with Crippen LogP contribution in [0.3, 0.4) is 0 Å². The van der Waals surface area contributed by atoms with E-state index in [0.29, 0.717) is 0 Å². The van der Waals surface area contributed by atoms with Gasteiger partial charge in [0.15, 0.2) is 23.0 Å². The highest BCUT2D eigenvalue weighted by Crippen LogP contribution is 2.31. The molecule has 0 fully saturated rings. The number of benzene rings is 2. The number of halogens is 2. The minimum absolute atomic E-state index is 0. The second-order valence-electron chi connectivity index (χ2n) is 3.98. The Hall–Kier alpha value is -0.900. The van der Waals surface area contributed by atoms with E-state index in [9.17, 15) is 0 Å². The summed E-state index contributed by atoms with van der Waals surface area (Å²) in [7, 11) is 6.53. The van der Waals surface area contributed by atoms with Gasteiger partial charge in [0.25, 0.3) is 0 Å². The molecule has 0 saturated carbocycles. The molecular weight excluding hydrogens is 522 g/mol. The van der Waals surface area contributed by atoms with E-state index >= 15 is 0 Å². The Bertz CT molecular complexity index is 551. The van der Waals surface area contributed by atoms with Gasteiger partial charge in [0.05, 0.1) is 28.4 Å². The first kappa shape index (κ1) is 22.1. The Morgan fingerprint density at radius 2 is 0.913 bits per heavy atom. The zero-order chi connectivity index (χ0) is 16.5. The van der Waals surface area contributed by atoms with Crippen molar-refractivity contribution < 1.29 is 18.9 Å². The van der Waals surface area contributed by atoms with Crippen LogP contribution in [0.4, 0.5) is 0 Å². The molecule has 0 amide bonds. The molecule has 0 unspecified atom stereocenters. The number of methoxy groups -OCH3 is 4. The summed E-state index contributed by atoms with van der Waals surface area (Å²) in [4.78, 5) is 0. The van der Waals surface area contributed by atoms with Crippen LogP contribution in [0.5, 0.6) is 23.0 Å². The third-order valence-corrected chi connectivity index (χ3v) is 5.53. The molecule has 23 heavy (non-hydrogen) atoms. The maximum atomic E-state index is 5.14. The Balaban J connectivity index is 0.000000409. The summed E-state index contributed by atoms with van der Waals surface area (Å²) in [5.74, 6) is 3.10. The monoisotopic (exact) mass is 544 g/mol. The lowest BCUT2D eigenvalue weighted by molar-refractivity contribution is 0.354. The molecule has 0 aliphatic carbocycles. The third-order valence-electron chi connectivity index (χ3n) is 2.72. The van der Waals surface area contributed by atoms with E-state index in [1.165, 1.54) is 7.14 Å². The lowest BCUT2D eigenvalue weighted by Gasteiger charge is -2.08. The van der Waals surface area contributed by atoms with Gasteiger partial charge in [-0.3, -0.25) is 0 Å². The standard InChI is InChI=1S/C8H8I2O2.C8H10O2.CH4/c1-11-7-3-5(9)6(10)4-8(7)12-2;1-9-7-5-3-4-6-8(7)10-2;/h3-4H,1-2H3;3-6H,1-2H3;1H4. The number of ether oxygens (including phenoxy) is 4. The predicted octanol–water partition coefficient (Wildman–Crippen LogP) is 5.25. The smallest absolute Gasteiger partial charge is 0.161 e. The highest BCUT2D eigenvalue weighted by atomic mass is 127. The summed E-state index contributed by atoms with van der Waals surface area (Å²) in [5.41, 5.74) is 0. The van der Waals surface area contributed by atoms with Crippen molar-refractivity contribution in [2.45, 2.75) is 7.43 Å². The average Bonchev–Trinajstić information content (AvgIpc) is 2.57. The number of hydrogen-bond acceptors (Lipinski definition) is 4. The van der Waals surface area contributed by atoms with Crippen molar-refractivity contribution in [3.63, 3.8) is 0 Å². The molecule has 0 atom stereocenters. The van der Waals surface area contributed by atoms with E-state index in [-0.39, 0.29) is 7.43 Å². The Labute approximate surface area is 165 Å². The molecule has 128 valence electrons. The largest absolute Gasteiger partial charge is 0.493 e. The molecule has 0 bridgehead atoms. The van der Waals surface area contributed by atoms with Crippen molar-refractivity contribution in [2.24, 2.45) is 0 Å². The van der Waals surface area contributed by atoms with Gasteiger partial charge in [-0.05, 0) is 69.4 Å². The molecule has 0 aliphatic heterocycles. The summed E-state index contributed by atoms with van der Waals surface area (Å²) < 4.78 is 22.6. The molecule has 0 heterocycles. The second kappa shape index (κ2) is 11.6. The number of para-hydroxylation sites is 2. The van der Waals surface area contributed by atoms with Gasteiger partial charge in [0.2, 0.25) is 0 Å². The van der Waals surface area contributed by atoms with Gasteiger partial charge in [0.1, 0.15) is 0 Å². The van der Waals surface area contributed by atoms with Gasteiger partial charge in [-0.25, -0.2) is 0 Å². The molecular formula is C17H22I2O4. The molecule has 0 saturated heterocycles. The van der Waals surface area contributed by atoms with Crippen molar-refractivity contribution in [3.8, 4) is 23.0 Å². The van der Waals surface area contributed by atoms with Crippen LogP contribution in [0.1, 0.15) is 7.43 Å². The fourth-order valence-corrected chi connectivity index (χ4v) is 2.49. The van der Waals surface area contributed by atoms with E-state index in [0.717, 1.165) is 23.0 Å². The first-order valence-corrected chi connectivity index (χ1v) is 8.47. The quantitative estimate of drug-likeness (QED) is 0.493. The fourth-order valence-electron chi connectivity index (χ4n) is 1.62. The third kappa shape index (κ3) is 6.62. The number of rotatable bonds is 4. The minimum atomic E-state index is 0. The van der Waals surface area contributed by atoms with Crippen LogP contribution in [-0.2, 0) is 0 Å². The fraction of sp³-hybridized carbons (Fsp3) is 0.294. The topological polar surface area (TPSA) is 36.9 Å². The van der Waals surface area contributed by atoms with Crippen molar-refractivity contribution in [1.82, 2.24) is 0 Å². The summed E-state index contributed by atoms with van der Waals surface area (Å²) in [6, 6.07) is 11.4. The van der Waals surface area contributed by atoms with Crippen LogP contribution >= 0.6 is 45.2 Å². The SMILES string of the molecule is C.COc1cc(I)c(I)cc1OC.COc1ccccc1OC. The van der Waals surface area contributed by atoms with Crippen LogP contribution in [0, 0.1) is 7.14 Å². The van der Waals surface area contributed by atoms with Crippen molar-refractivity contribution in [1.29, 1.82) is 0 Å². The average molecular weight is 544 g/mol. The number of hydrogen-bond donors (Lipinski definition) is 0. The highest BCUT2D eigenvalue weighted by molar-refractivity contribution is 14.1. The molecule has 4 nitrogen and oxygen atoms in total. The Morgan fingerprint density at radius 3 is 1.17 bits per heavy atom. The second-order valence-corrected chi connectivity index (χ2v) is 6.30. The van der Waals surface area contributed by atoms with Crippen LogP contribution in [0.25, 0.3) is 0 Å². The van der Waals surface area contributed by atoms with Gasteiger partial charge in [-0.15, -0.1) is 0 Å². The lowest BCUT2D eigenvalue weighted by atomic mass is 10.3. The lowest BCUT2D eigenvalue weighted by Crippen LogP contribution is -1.92. The van der Waals surface area contributed by atoms with Gasteiger partial charge < -0.3 is 18.9 Å². The van der Waals surface area contributed by atoms with E-state index in [4.69, 9.17) is 18.9 Å². The van der Waals surface area contributed by atoms with E-state index in [1.54, 1.807) is 28.4 Å². The molecule has 0 spiro atoms. The first-order valence-electron chi connectivity index (χ1n) is 6.31.